The largest absolute Gasteiger partial charge is 0.396 e. The molecule has 0 amide bonds. The van der Waals surface area contributed by atoms with Crippen LogP contribution in [0.2, 0.25) is 0 Å². The number of aliphatic hydroxyl groups excluding tert-OH is 2. The number of nitrogen functional groups attached to an aromatic ring is 1. The van der Waals surface area contributed by atoms with E-state index in [2.05, 4.69) is 9.97 Å². The molecule has 1 fully saturated rings. The Hall–Kier alpha value is -1.40. The van der Waals surface area contributed by atoms with Crippen molar-refractivity contribution in [1.82, 2.24) is 9.97 Å². The normalized spacial score (nSPS) is 26.9. The van der Waals surface area contributed by atoms with Gasteiger partial charge in [-0.3, -0.25) is 0 Å². The molecule has 6 nitrogen and oxygen atoms in total. The summed E-state index contributed by atoms with van der Waals surface area (Å²) in [4.78, 5) is 9.71. The maximum absolute atomic E-state index is 9.31. The summed E-state index contributed by atoms with van der Waals surface area (Å²) in [5, 5.41) is 18.6. The van der Waals surface area contributed by atoms with Crippen molar-refractivity contribution in [1.29, 1.82) is 0 Å². The molecule has 2 rings (SSSR count). The lowest BCUT2D eigenvalue weighted by Gasteiger charge is -2.14. The second kappa shape index (κ2) is 3.39. The van der Waals surface area contributed by atoms with Gasteiger partial charge in [-0.15, -0.1) is 0 Å². The second-order valence-corrected chi connectivity index (χ2v) is 3.36. The Morgan fingerprint density at radius 2 is 1.71 bits per heavy atom. The van der Waals surface area contributed by atoms with Gasteiger partial charge in [0.1, 0.15) is 0 Å². The van der Waals surface area contributed by atoms with Crippen LogP contribution in [0, 0.1) is 0 Å². The van der Waals surface area contributed by atoms with Gasteiger partial charge in [0.15, 0.2) is 0 Å². The topological polar surface area (TPSA) is 95.5 Å². The fourth-order valence-corrected chi connectivity index (χ4v) is 1.43. The zero-order valence-corrected chi connectivity index (χ0v) is 7.54. The number of anilines is 2. The fraction of sp³-hybridized carbons (Fsp3) is 0.500. The predicted octanol–water partition coefficient (Wildman–Crippen LogP) is -1.40. The number of hydrogen-bond donors (Lipinski definition) is 3. The summed E-state index contributed by atoms with van der Waals surface area (Å²) in [6, 6.07) is 0. The van der Waals surface area contributed by atoms with Gasteiger partial charge in [-0.1, -0.05) is 0 Å². The fourth-order valence-electron chi connectivity index (χ4n) is 1.43. The molecule has 2 heterocycles. The van der Waals surface area contributed by atoms with Crippen LogP contribution in [0.5, 0.6) is 0 Å². The van der Waals surface area contributed by atoms with Crippen LogP contribution in [0.15, 0.2) is 12.4 Å². The Morgan fingerprint density at radius 1 is 1.21 bits per heavy atom. The number of nitrogens with zero attached hydrogens (tertiary/aromatic N) is 3. The summed E-state index contributed by atoms with van der Waals surface area (Å²) in [5.74, 6) is 0.481. The summed E-state index contributed by atoms with van der Waals surface area (Å²) in [6.07, 6.45) is 1.55. The first-order chi connectivity index (χ1) is 6.66. The third-order valence-corrected chi connectivity index (χ3v) is 2.20. The maximum Gasteiger partial charge on any atom is 0.225 e. The Labute approximate surface area is 81.0 Å². The van der Waals surface area contributed by atoms with Gasteiger partial charge in [-0.05, 0) is 0 Å². The van der Waals surface area contributed by atoms with Gasteiger partial charge in [0.25, 0.3) is 0 Å². The van der Waals surface area contributed by atoms with Gasteiger partial charge in [-0.2, -0.15) is 0 Å². The third-order valence-electron chi connectivity index (χ3n) is 2.20. The van der Waals surface area contributed by atoms with Crippen LogP contribution in [-0.2, 0) is 0 Å². The molecule has 0 radical (unpaired) electrons. The number of nitrogens with two attached hydrogens (primary N) is 1. The van der Waals surface area contributed by atoms with Gasteiger partial charge in [0, 0.05) is 13.1 Å². The molecule has 14 heavy (non-hydrogen) atoms. The Bertz CT molecular complexity index is 306. The smallest absolute Gasteiger partial charge is 0.225 e. The Balaban J connectivity index is 2.13. The van der Waals surface area contributed by atoms with Crippen molar-refractivity contribution in [2.75, 3.05) is 23.7 Å². The van der Waals surface area contributed by atoms with E-state index in [1.165, 1.54) is 12.4 Å². The molecular weight excluding hydrogens is 184 g/mol. The third kappa shape index (κ3) is 1.61. The van der Waals surface area contributed by atoms with Crippen molar-refractivity contribution in [2.45, 2.75) is 12.2 Å². The summed E-state index contributed by atoms with van der Waals surface area (Å²) in [5.41, 5.74) is 5.93. The van der Waals surface area contributed by atoms with Crippen LogP contribution in [0.25, 0.3) is 0 Å². The van der Waals surface area contributed by atoms with E-state index >= 15 is 0 Å². The highest BCUT2D eigenvalue weighted by atomic mass is 16.3. The van der Waals surface area contributed by atoms with Crippen LogP contribution in [0.1, 0.15) is 0 Å². The molecule has 2 atom stereocenters. The average molecular weight is 196 g/mol. The minimum absolute atomic E-state index is 0.352. The molecule has 1 aromatic heterocycles. The molecule has 76 valence electrons. The summed E-state index contributed by atoms with van der Waals surface area (Å²) in [6.45, 7) is 0.705. The molecule has 0 aliphatic carbocycles. The highest BCUT2D eigenvalue weighted by Crippen LogP contribution is 2.16. The van der Waals surface area contributed by atoms with Crippen molar-refractivity contribution < 1.29 is 10.2 Å². The molecular formula is C8H12N4O2. The molecule has 1 aromatic rings. The van der Waals surface area contributed by atoms with E-state index in [-0.39, 0.29) is 0 Å². The molecule has 2 unspecified atom stereocenters. The van der Waals surface area contributed by atoms with Crippen molar-refractivity contribution in [2.24, 2.45) is 0 Å². The van der Waals surface area contributed by atoms with Crippen LogP contribution in [0.3, 0.4) is 0 Å². The van der Waals surface area contributed by atoms with E-state index in [1.807, 2.05) is 0 Å². The first-order valence-corrected chi connectivity index (χ1v) is 4.35. The lowest BCUT2D eigenvalue weighted by Crippen LogP contribution is -2.23. The molecule has 1 aliphatic heterocycles. The van der Waals surface area contributed by atoms with Gasteiger partial charge < -0.3 is 20.8 Å². The van der Waals surface area contributed by atoms with Crippen molar-refractivity contribution in [3.63, 3.8) is 0 Å². The lowest BCUT2D eigenvalue weighted by molar-refractivity contribution is 0.0572. The molecule has 1 aliphatic rings. The van der Waals surface area contributed by atoms with Crippen LogP contribution < -0.4 is 10.6 Å². The summed E-state index contributed by atoms with van der Waals surface area (Å²) in [7, 11) is 0. The zero-order valence-electron chi connectivity index (χ0n) is 7.54. The van der Waals surface area contributed by atoms with E-state index in [4.69, 9.17) is 5.73 Å². The Morgan fingerprint density at radius 3 is 2.21 bits per heavy atom. The number of β-amino-alcohol motifs (C(OH)–C–C–N with tert-alkyl or cyclic N) is 2. The number of rotatable bonds is 1. The number of aliphatic hydroxyl groups is 2. The Kier molecular flexibility index (Phi) is 2.22. The number of aromatic nitrogens is 2. The quantitative estimate of drug-likeness (QED) is 0.511. The lowest BCUT2D eigenvalue weighted by atomic mass is 10.3. The predicted molar refractivity (Wildman–Crippen MR) is 50.7 cm³/mol. The van der Waals surface area contributed by atoms with Gasteiger partial charge in [0.05, 0.1) is 30.3 Å². The second-order valence-electron chi connectivity index (χ2n) is 3.36. The molecule has 0 spiro atoms. The van der Waals surface area contributed by atoms with E-state index < -0.39 is 12.2 Å². The van der Waals surface area contributed by atoms with Gasteiger partial charge >= 0.3 is 0 Å². The zero-order chi connectivity index (χ0) is 10.1. The van der Waals surface area contributed by atoms with E-state index in [9.17, 15) is 10.2 Å². The first-order valence-electron chi connectivity index (χ1n) is 4.35. The average Bonchev–Trinajstić information content (AvgIpc) is 2.48. The van der Waals surface area contributed by atoms with Crippen LogP contribution in [0.4, 0.5) is 11.6 Å². The molecule has 6 heteroatoms. The van der Waals surface area contributed by atoms with E-state index in [0.717, 1.165) is 0 Å². The van der Waals surface area contributed by atoms with E-state index in [1.54, 1.807) is 4.90 Å². The monoisotopic (exact) mass is 196 g/mol. The van der Waals surface area contributed by atoms with Crippen molar-refractivity contribution in [3.8, 4) is 0 Å². The highest BCUT2D eigenvalue weighted by Gasteiger charge is 2.30. The minimum Gasteiger partial charge on any atom is -0.396 e. The van der Waals surface area contributed by atoms with Crippen molar-refractivity contribution >= 4 is 11.6 Å². The van der Waals surface area contributed by atoms with E-state index in [0.29, 0.717) is 24.7 Å². The first kappa shape index (κ1) is 9.17. The molecule has 0 bridgehead atoms. The molecule has 1 saturated heterocycles. The van der Waals surface area contributed by atoms with Crippen LogP contribution >= 0.6 is 0 Å². The van der Waals surface area contributed by atoms with Crippen molar-refractivity contribution in [3.05, 3.63) is 12.4 Å². The number of hydrogen-bond acceptors (Lipinski definition) is 6. The molecule has 0 aromatic carbocycles. The summed E-state index contributed by atoms with van der Waals surface area (Å²) >= 11 is 0. The SMILES string of the molecule is Nc1cnc(N2CC(O)C(O)C2)nc1. The molecule has 0 saturated carbocycles. The maximum atomic E-state index is 9.31. The van der Waals surface area contributed by atoms with Gasteiger partial charge in [0.2, 0.25) is 5.95 Å². The van der Waals surface area contributed by atoms with Crippen LogP contribution in [-0.4, -0.2) is 45.5 Å². The minimum atomic E-state index is -0.726. The van der Waals surface area contributed by atoms with Gasteiger partial charge in [-0.25, -0.2) is 9.97 Å². The summed E-state index contributed by atoms with van der Waals surface area (Å²) < 4.78 is 0. The highest BCUT2D eigenvalue weighted by molar-refractivity contribution is 5.39. The molecule has 4 N–H and O–H groups in total. The standard InChI is InChI=1S/C8H12N4O2/c9-5-1-10-8(11-2-5)12-3-6(13)7(14)4-12/h1-2,6-7,13-14H,3-4,9H2.